The van der Waals surface area contributed by atoms with Gasteiger partial charge in [0.1, 0.15) is 6.73 Å². The smallest absolute Gasteiger partial charge is 0.370 e. The van der Waals surface area contributed by atoms with Crippen molar-refractivity contribution in [3.8, 4) is 0 Å². The Morgan fingerprint density at radius 1 is 0.362 bits per heavy atom. The van der Waals surface area contributed by atoms with Gasteiger partial charge in [0.25, 0.3) is 0 Å². The Labute approximate surface area is 729 Å². The number of fused-ring (bicyclic) bond motifs is 2. The summed E-state index contributed by atoms with van der Waals surface area (Å²) in [4.78, 5) is 67.6. The van der Waals surface area contributed by atoms with Crippen LogP contribution in [0.3, 0.4) is 0 Å². The summed E-state index contributed by atoms with van der Waals surface area (Å²) >= 11 is 0. The minimum atomic E-state index is -0.0900. The van der Waals surface area contributed by atoms with Gasteiger partial charge in [-0.3, -0.25) is 33.9 Å². The summed E-state index contributed by atoms with van der Waals surface area (Å²) in [6.07, 6.45) is 42.6. The van der Waals surface area contributed by atoms with Crippen molar-refractivity contribution in [3.05, 3.63) is 26.1 Å². The standard InChI is InChI=1S/C14H24N2O.C14H25NO.C13H23N.C12H22N2O.C12H23N.C11H19NO.C11H21NO.C10H19N.3CH4.V/c1-13(2,3)16-9-14(8-12(16)17)6-10-4-5-11(7-14)15-10;1-13(2,3)15-11-7-10-14(12(15)16)8-5-4-6-9-14;1-11-13(7-5-6-8-13)9-10-14(11)12(2,3)4;1-11(2,3)14-9-6-12(10(14)15)4-7-13-8-5-12;1-11(2,3)13-9-7-12(8-10-13)5-4-6-12;1-10(2,3)12-8-11(5-4-6-11)7-9(12)13;1-6-11(7-2)8-12(9-13-11)10(3,4)5;1-9(2,3)11-7-10(8-11)5-4-6-10;;;;/h10-11,15H,4-9H2,1-3H3;4-11H2,1-3H3;1,5-10H2,2-4H3;13H,4-9H2,1-3H3;4-10H2,1-3H3;4-8H2,1-3H3;1-2,6-9H2,3-5H3;4-8H2,1-3H3;3*1H4;/q;;;;;;-2;;;;;+2. The van der Waals surface area contributed by atoms with Crippen molar-refractivity contribution < 1.29 is 42.5 Å². The Kier molecular flexibility index (Phi) is 35.5. The number of rotatable bonds is 2. The number of hydrogen-bond acceptors (Lipinski definition) is 11. The van der Waals surface area contributed by atoms with E-state index in [9.17, 15) is 19.2 Å². The summed E-state index contributed by atoms with van der Waals surface area (Å²) in [5.41, 5.74) is 5.43. The van der Waals surface area contributed by atoms with Crippen molar-refractivity contribution in [2.75, 3.05) is 85.3 Å². The molecule has 1 radical (unpaired) electrons. The second-order valence-electron chi connectivity index (χ2n) is 47.8. The van der Waals surface area contributed by atoms with E-state index in [4.69, 9.17) is 4.74 Å². The average Bonchev–Trinajstić information content (AvgIpc) is 1.59. The molecule has 11 heterocycles. The molecule has 0 aromatic rings. The molecular formula is C100H188N10O5V. The van der Waals surface area contributed by atoms with Gasteiger partial charge < -0.3 is 53.7 Å². The second kappa shape index (κ2) is 39.5. The first-order valence-corrected chi connectivity index (χ1v) is 46.3. The summed E-state index contributed by atoms with van der Waals surface area (Å²) < 4.78 is 5.78. The normalized spacial score (nSPS) is 28.0. The molecule has 2 N–H and O–H groups in total. The van der Waals surface area contributed by atoms with E-state index in [0.717, 1.165) is 121 Å². The molecule has 2 bridgehead atoms. The van der Waals surface area contributed by atoms with Crippen LogP contribution in [0, 0.1) is 51.8 Å². The van der Waals surface area contributed by atoms with E-state index in [1.54, 1.807) is 0 Å². The first-order valence-electron chi connectivity index (χ1n) is 46.3. The molecule has 673 valence electrons. The minimum absolute atomic E-state index is 0. The van der Waals surface area contributed by atoms with Gasteiger partial charge in [-0.1, -0.05) is 80.2 Å². The van der Waals surface area contributed by atoms with Gasteiger partial charge in [-0.05, 0) is 355 Å². The van der Waals surface area contributed by atoms with E-state index in [1.165, 1.54) is 193 Å². The molecule has 16 fully saturated rings. The maximum Gasteiger partial charge on any atom is 2.00 e. The maximum atomic E-state index is 12.7. The Balaban J connectivity index is 0.000000236. The van der Waals surface area contributed by atoms with Crippen LogP contribution in [0.5, 0.6) is 0 Å². The first kappa shape index (κ1) is 104. The molecule has 16 heteroatoms. The molecule has 2 atom stereocenters. The van der Waals surface area contributed by atoms with Crippen LogP contribution in [0.1, 0.15) is 407 Å². The van der Waals surface area contributed by atoms with Gasteiger partial charge in [0.15, 0.2) is 0 Å². The van der Waals surface area contributed by atoms with Gasteiger partial charge >= 0.3 is 18.6 Å². The molecule has 5 aliphatic carbocycles. The Bertz CT molecular complexity index is 3070. The van der Waals surface area contributed by atoms with Crippen LogP contribution in [0.4, 0.5) is 0 Å². The largest absolute Gasteiger partial charge is 2.00 e. The zero-order chi connectivity index (χ0) is 83.0. The average molecular weight is 1660 g/mol. The summed E-state index contributed by atoms with van der Waals surface area (Å²) in [6, 6.07) is 1.36. The van der Waals surface area contributed by atoms with Crippen LogP contribution in [0.15, 0.2) is 12.3 Å². The number of allylic oxidation sites excluding steroid dienone is 1. The van der Waals surface area contributed by atoms with Crippen molar-refractivity contribution in [2.24, 2.45) is 37.9 Å². The summed E-state index contributed by atoms with van der Waals surface area (Å²) in [7, 11) is 0. The van der Waals surface area contributed by atoms with Gasteiger partial charge in [0.2, 0.25) is 23.6 Å². The third-order valence-electron chi connectivity index (χ3n) is 31.2. The van der Waals surface area contributed by atoms with E-state index in [0.29, 0.717) is 69.8 Å². The summed E-state index contributed by atoms with van der Waals surface area (Å²) in [5.74, 6) is 1.59. The third-order valence-corrected chi connectivity index (χ3v) is 31.2. The molecule has 0 aromatic carbocycles. The van der Waals surface area contributed by atoms with Crippen LogP contribution >= 0.6 is 0 Å². The van der Waals surface area contributed by atoms with Crippen molar-refractivity contribution >= 4 is 23.6 Å². The van der Waals surface area contributed by atoms with Crippen molar-refractivity contribution in [2.45, 2.75) is 469 Å². The van der Waals surface area contributed by atoms with E-state index in [1.807, 2.05) is 0 Å². The molecular weight excluding hydrogens is 1470 g/mol. The number of likely N-dealkylation sites (tertiary alicyclic amines) is 7. The SMILES string of the molecule is C.C.C.C=C1N(C(C)(C)C)CCC12CCCC2.CC(C)(C)N1CC2(CC1=O)CC1CCC(C2)N1.CC(C)(C)N1CC2(CCC2)C1.CC(C)(C)N1CC2(CCC2)CC1=O.CC(C)(C)N1CCC2(CCC2)CC1.CC(C)(C)N1CCC2(CCNCC2)C1=O.CC(C)(C)N1CCCC2(CCCCC2)C1=O.[CH2-]CC1(C[CH2-])CN(C(C)(C)C)CO1.[V+2]. The number of amides is 4. The van der Waals surface area contributed by atoms with Gasteiger partial charge in [-0.15, -0.1) is 0 Å². The quantitative estimate of drug-likeness (QED) is 0.257. The van der Waals surface area contributed by atoms with Gasteiger partial charge in [0, 0.05) is 144 Å². The molecule has 2 unspecified atom stereocenters. The van der Waals surface area contributed by atoms with Crippen LogP contribution in [0.2, 0.25) is 0 Å². The van der Waals surface area contributed by atoms with Gasteiger partial charge in [-0.2, -0.15) is 12.8 Å². The Morgan fingerprint density at radius 2 is 0.733 bits per heavy atom. The fourth-order valence-corrected chi connectivity index (χ4v) is 22.7. The monoisotopic (exact) mass is 1660 g/mol. The van der Waals surface area contributed by atoms with E-state index in [2.05, 4.69) is 236 Å². The number of hydrogen-bond donors (Lipinski definition) is 2. The maximum absolute atomic E-state index is 12.7. The summed E-state index contributed by atoms with van der Waals surface area (Å²) in [6.45, 7) is 79.7. The molecule has 11 aliphatic heterocycles. The third kappa shape index (κ3) is 25.1. The zero-order valence-electron chi connectivity index (χ0n) is 78.1. The number of nitrogens with one attached hydrogen (secondary N) is 2. The molecule has 15 nitrogen and oxygen atoms in total. The number of piperidine rings is 4. The van der Waals surface area contributed by atoms with Crippen LogP contribution in [-0.2, 0) is 42.5 Å². The van der Waals surface area contributed by atoms with Gasteiger partial charge in [0.05, 0.1) is 5.41 Å². The zero-order valence-corrected chi connectivity index (χ0v) is 79.5. The molecule has 16 rings (SSSR count). The molecule has 16 aliphatic rings. The molecule has 7 spiro atoms. The fraction of sp³-hybridized carbons (Fsp3) is 0.920. The van der Waals surface area contributed by atoms with Crippen LogP contribution in [0.25, 0.3) is 0 Å². The number of nitrogens with zero attached hydrogens (tertiary/aromatic N) is 8. The summed E-state index contributed by atoms with van der Waals surface area (Å²) in [5, 5.41) is 7.02. The van der Waals surface area contributed by atoms with E-state index in [-0.39, 0.29) is 90.5 Å². The predicted octanol–water partition coefficient (Wildman–Crippen LogP) is 21.9. The topological polar surface area (TPSA) is 127 Å². The predicted molar refractivity (Wildman–Crippen MR) is 488 cm³/mol. The van der Waals surface area contributed by atoms with Crippen LogP contribution < -0.4 is 10.6 Å². The number of carbonyl (C=O) groups excluding carboxylic acids is 4. The second-order valence-corrected chi connectivity index (χ2v) is 47.8. The van der Waals surface area contributed by atoms with E-state index < -0.39 is 0 Å². The Morgan fingerprint density at radius 3 is 1.09 bits per heavy atom. The van der Waals surface area contributed by atoms with Crippen molar-refractivity contribution in [1.82, 2.24) is 49.8 Å². The first-order chi connectivity index (χ1) is 51.7. The molecule has 5 saturated carbocycles. The molecule has 11 saturated heterocycles. The van der Waals surface area contributed by atoms with Crippen molar-refractivity contribution in [1.29, 1.82) is 0 Å². The van der Waals surface area contributed by atoms with Crippen LogP contribution in [-0.4, -0.2) is 210 Å². The number of carbonyl (C=O) groups is 4. The Hall–Kier alpha value is -2.24. The molecule has 4 amide bonds. The fourth-order valence-electron chi connectivity index (χ4n) is 22.7. The van der Waals surface area contributed by atoms with Gasteiger partial charge in [-0.25, -0.2) is 0 Å². The molecule has 116 heavy (non-hydrogen) atoms. The van der Waals surface area contributed by atoms with Crippen molar-refractivity contribution in [3.63, 3.8) is 0 Å². The van der Waals surface area contributed by atoms with E-state index >= 15 is 0 Å². The number of ether oxygens (including phenoxy) is 1. The molecule has 0 aromatic heterocycles. The minimum Gasteiger partial charge on any atom is -0.370 e.